The Balaban J connectivity index is 2.10. The molecule has 0 radical (unpaired) electrons. The number of halogens is 1. The van der Waals surface area contributed by atoms with Crippen LogP contribution in [0.15, 0.2) is 82.6 Å². The summed E-state index contributed by atoms with van der Waals surface area (Å²) >= 11 is 1.48. The molecule has 0 saturated carbocycles. The van der Waals surface area contributed by atoms with Gasteiger partial charge in [0.1, 0.15) is 24.2 Å². The van der Waals surface area contributed by atoms with Crippen LogP contribution in [-0.4, -0.2) is 57.6 Å². The third kappa shape index (κ3) is 7.33. The fourth-order valence-electron chi connectivity index (χ4n) is 4.20. The zero-order valence-corrected chi connectivity index (χ0v) is 24.6. The van der Waals surface area contributed by atoms with Crippen LogP contribution in [0.4, 0.5) is 10.1 Å². The van der Waals surface area contributed by atoms with Gasteiger partial charge in [-0.15, -0.1) is 11.8 Å². The lowest BCUT2D eigenvalue weighted by Crippen LogP contribution is -2.51. The molecule has 1 unspecified atom stereocenters. The van der Waals surface area contributed by atoms with Crippen molar-refractivity contribution >= 4 is 39.3 Å². The molecular formula is C29H34FN3O5S2. The van der Waals surface area contributed by atoms with Crippen LogP contribution in [0.3, 0.4) is 0 Å². The third-order valence-corrected chi connectivity index (χ3v) is 8.78. The van der Waals surface area contributed by atoms with Gasteiger partial charge in [-0.05, 0) is 73.7 Å². The molecule has 0 aliphatic carbocycles. The van der Waals surface area contributed by atoms with Crippen LogP contribution in [0, 0.1) is 5.82 Å². The number of anilines is 1. The quantitative estimate of drug-likeness (QED) is 0.292. The fourth-order valence-corrected chi connectivity index (χ4v) is 6.03. The summed E-state index contributed by atoms with van der Waals surface area (Å²) in [5.41, 5.74) is 0.787. The number of hydrogen-bond donors (Lipinski definition) is 1. The first-order valence-electron chi connectivity index (χ1n) is 12.8. The summed E-state index contributed by atoms with van der Waals surface area (Å²) in [5, 5.41) is 2.58. The van der Waals surface area contributed by atoms with Gasteiger partial charge in [0, 0.05) is 18.5 Å². The SMILES string of the molecule is CCOc1ccccc1N(CC(=O)N(Cc1ccc(F)cc1)C(CC)C(=O)NC)S(=O)(=O)c1ccc(SC)cc1. The molecule has 0 aromatic heterocycles. The maximum Gasteiger partial charge on any atom is 0.264 e. The van der Waals surface area contributed by atoms with Crippen molar-refractivity contribution in [3.05, 3.63) is 84.2 Å². The third-order valence-electron chi connectivity index (χ3n) is 6.26. The second-order valence-corrected chi connectivity index (χ2v) is 11.5. The molecular weight excluding hydrogens is 553 g/mol. The lowest BCUT2D eigenvalue weighted by Gasteiger charge is -2.33. The number of nitrogens with one attached hydrogen (secondary N) is 1. The molecule has 0 saturated heterocycles. The number of rotatable bonds is 13. The average Bonchev–Trinajstić information content (AvgIpc) is 2.97. The Morgan fingerprint density at radius 1 is 1.00 bits per heavy atom. The van der Waals surface area contributed by atoms with Gasteiger partial charge in [0.25, 0.3) is 10.0 Å². The molecule has 0 aliphatic heterocycles. The molecule has 0 heterocycles. The highest BCUT2D eigenvalue weighted by Crippen LogP contribution is 2.33. The molecule has 0 spiro atoms. The first kappa shape index (κ1) is 31.0. The Hall–Kier alpha value is -3.57. The van der Waals surface area contributed by atoms with Crippen molar-refractivity contribution in [3.63, 3.8) is 0 Å². The van der Waals surface area contributed by atoms with Crippen molar-refractivity contribution in [2.24, 2.45) is 0 Å². The molecule has 0 fully saturated rings. The van der Waals surface area contributed by atoms with Crippen molar-refractivity contribution < 1.29 is 27.1 Å². The van der Waals surface area contributed by atoms with Gasteiger partial charge in [-0.25, -0.2) is 12.8 Å². The molecule has 2 amide bonds. The van der Waals surface area contributed by atoms with Crippen molar-refractivity contribution in [3.8, 4) is 5.75 Å². The number of benzene rings is 3. The Kier molecular flexibility index (Phi) is 11.0. The minimum Gasteiger partial charge on any atom is -0.492 e. The molecule has 11 heteroatoms. The second-order valence-electron chi connectivity index (χ2n) is 8.77. The summed E-state index contributed by atoms with van der Waals surface area (Å²) in [7, 11) is -2.77. The van der Waals surface area contributed by atoms with Gasteiger partial charge in [0.2, 0.25) is 11.8 Å². The molecule has 214 valence electrons. The van der Waals surface area contributed by atoms with Crippen LogP contribution < -0.4 is 14.4 Å². The predicted molar refractivity (Wildman–Crippen MR) is 155 cm³/mol. The topological polar surface area (TPSA) is 96.0 Å². The van der Waals surface area contributed by atoms with Gasteiger partial charge in [0.15, 0.2) is 0 Å². The number of para-hydroxylation sites is 2. The molecule has 3 aromatic carbocycles. The summed E-state index contributed by atoms with van der Waals surface area (Å²) < 4.78 is 48.4. The van der Waals surface area contributed by atoms with Crippen molar-refractivity contribution in [2.45, 2.75) is 42.6 Å². The molecule has 8 nitrogen and oxygen atoms in total. The van der Waals surface area contributed by atoms with Crippen molar-refractivity contribution in [1.82, 2.24) is 10.2 Å². The molecule has 1 N–H and O–H groups in total. The van der Waals surface area contributed by atoms with E-state index in [0.29, 0.717) is 11.3 Å². The number of likely N-dealkylation sites (N-methyl/N-ethyl adjacent to an activating group) is 1. The van der Waals surface area contributed by atoms with Crippen LogP contribution in [0.1, 0.15) is 25.8 Å². The molecule has 1 atom stereocenters. The first-order chi connectivity index (χ1) is 19.2. The monoisotopic (exact) mass is 587 g/mol. The molecule has 40 heavy (non-hydrogen) atoms. The van der Waals surface area contributed by atoms with Crippen LogP contribution in [0.5, 0.6) is 5.75 Å². The smallest absolute Gasteiger partial charge is 0.264 e. The number of sulfonamides is 1. The number of nitrogens with zero attached hydrogens (tertiary/aromatic N) is 2. The number of ether oxygens (including phenoxy) is 1. The van der Waals surface area contributed by atoms with E-state index >= 15 is 0 Å². The van der Waals surface area contributed by atoms with E-state index in [1.54, 1.807) is 50.2 Å². The maximum absolute atomic E-state index is 14.0. The fraction of sp³-hybridized carbons (Fsp3) is 0.310. The van der Waals surface area contributed by atoms with E-state index in [0.717, 1.165) is 9.20 Å². The predicted octanol–water partition coefficient (Wildman–Crippen LogP) is 4.70. The number of carbonyl (C=O) groups excluding carboxylic acids is 2. The number of thioether (sulfide) groups is 1. The molecule has 0 bridgehead atoms. The lowest BCUT2D eigenvalue weighted by molar-refractivity contribution is -0.140. The van der Waals surface area contributed by atoms with Gasteiger partial charge < -0.3 is 15.0 Å². The van der Waals surface area contributed by atoms with E-state index in [9.17, 15) is 22.4 Å². The standard InChI is InChI=1S/C29H34FN3O5S2/c1-5-25(29(35)31-3)32(19-21-11-13-22(30)14-12-21)28(34)20-33(26-9-7-8-10-27(26)38-6-2)40(36,37)24-17-15-23(39-4)16-18-24/h7-18,25H,5-6,19-20H2,1-4H3,(H,31,35). The zero-order chi connectivity index (χ0) is 29.3. The maximum atomic E-state index is 14.0. The zero-order valence-electron chi connectivity index (χ0n) is 23.0. The minimum atomic E-state index is -4.24. The highest BCUT2D eigenvalue weighted by molar-refractivity contribution is 7.98. The first-order valence-corrected chi connectivity index (χ1v) is 15.5. The summed E-state index contributed by atoms with van der Waals surface area (Å²) in [6, 6.07) is 17.7. The minimum absolute atomic E-state index is 0.00725. The summed E-state index contributed by atoms with van der Waals surface area (Å²) in [5.74, 6) is -1.13. The normalized spacial score (nSPS) is 11.9. The van der Waals surface area contributed by atoms with Gasteiger partial charge in [0.05, 0.1) is 17.2 Å². The highest BCUT2D eigenvalue weighted by atomic mass is 32.2. The van der Waals surface area contributed by atoms with Gasteiger partial charge in [-0.1, -0.05) is 31.2 Å². The summed E-state index contributed by atoms with van der Waals surface area (Å²) in [6.45, 7) is 3.21. The molecule has 3 aromatic rings. The number of hydrogen-bond acceptors (Lipinski definition) is 6. The van der Waals surface area contributed by atoms with Crippen LogP contribution >= 0.6 is 11.8 Å². The van der Waals surface area contributed by atoms with E-state index in [1.807, 2.05) is 6.26 Å². The van der Waals surface area contributed by atoms with E-state index in [1.165, 1.54) is 60.1 Å². The largest absolute Gasteiger partial charge is 0.492 e. The van der Waals surface area contributed by atoms with Crippen molar-refractivity contribution in [1.29, 1.82) is 0 Å². The van der Waals surface area contributed by atoms with Crippen LogP contribution in [-0.2, 0) is 26.2 Å². The molecule has 3 rings (SSSR count). The summed E-state index contributed by atoms with van der Waals surface area (Å²) in [6.07, 6.45) is 2.17. The Morgan fingerprint density at radius 2 is 1.65 bits per heavy atom. The molecule has 0 aliphatic rings. The van der Waals surface area contributed by atoms with Crippen molar-refractivity contribution in [2.75, 3.05) is 30.8 Å². The summed E-state index contributed by atoms with van der Waals surface area (Å²) in [4.78, 5) is 29.0. The highest BCUT2D eigenvalue weighted by Gasteiger charge is 2.34. The Morgan fingerprint density at radius 3 is 2.23 bits per heavy atom. The van der Waals surface area contributed by atoms with E-state index < -0.39 is 40.2 Å². The van der Waals surface area contributed by atoms with Crippen LogP contribution in [0.25, 0.3) is 0 Å². The van der Waals surface area contributed by atoms with Gasteiger partial charge >= 0.3 is 0 Å². The number of carbonyl (C=O) groups is 2. The van der Waals surface area contributed by atoms with E-state index in [-0.39, 0.29) is 30.2 Å². The lowest BCUT2D eigenvalue weighted by atomic mass is 10.1. The Bertz CT molecular complexity index is 1400. The Labute approximate surface area is 239 Å². The van der Waals surface area contributed by atoms with E-state index in [2.05, 4.69) is 5.32 Å². The van der Waals surface area contributed by atoms with Gasteiger partial charge in [-0.3, -0.25) is 13.9 Å². The van der Waals surface area contributed by atoms with Gasteiger partial charge in [-0.2, -0.15) is 0 Å². The average molecular weight is 588 g/mol. The van der Waals surface area contributed by atoms with E-state index in [4.69, 9.17) is 4.74 Å². The number of amides is 2. The second kappa shape index (κ2) is 14.2. The van der Waals surface area contributed by atoms with Crippen LogP contribution in [0.2, 0.25) is 0 Å².